The van der Waals surface area contributed by atoms with Crippen molar-refractivity contribution in [3.63, 3.8) is 0 Å². The molecule has 4 aliphatic carbocycles. The van der Waals surface area contributed by atoms with Gasteiger partial charge in [-0.15, -0.1) is 0 Å². The van der Waals surface area contributed by atoms with Gasteiger partial charge in [0.05, 0.1) is 0 Å². The lowest BCUT2D eigenvalue weighted by Gasteiger charge is -2.64. The summed E-state index contributed by atoms with van der Waals surface area (Å²) in [5.41, 5.74) is -0.219. The van der Waals surface area contributed by atoms with E-state index >= 15 is 0 Å². The number of ketones is 1. The van der Waals surface area contributed by atoms with Crippen LogP contribution in [0.15, 0.2) is 0 Å². The van der Waals surface area contributed by atoms with Crippen LogP contribution in [0.25, 0.3) is 0 Å². The summed E-state index contributed by atoms with van der Waals surface area (Å²) < 4.78 is 11.9. The van der Waals surface area contributed by atoms with Crippen LogP contribution < -0.4 is 0 Å². The third-order valence-corrected chi connectivity index (χ3v) is 9.77. The van der Waals surface area contributed by atoms with Gasteiger partial charge in [-0.05, 0) is 67.1 Å². The lowest BCUT2D eigenvalue weighted by molar-refractivity contribution is -0.308. The highest BCUT2D eigenvalue weighted by Crippen LogP contribution is 2.69. The van der Waals surface area contributed by atoms with E-state index in [1.54, 1.807) is 0 Å². The van der Waals surface area contributed by atoms with Crippen molar-refractivity contribution in [1.29, 1.82) is 0 Å². The van der Waals surface area contributed by atoms with E-state index in [0.717, 1.165) is 51.4 Å². The summed E-state index contributed by atoms with van der Waals surface area (Å²) in [6.07, 6.45) is 8.43. The summed E-state index contributed by atoms with van der Waals surface area (Å²) in [7, 11) is 0. The number of aliphatic hydroxyl groups excluding tert-OH is 1. The zero-order valence-corrected chi connectivity index (χ0v) is 19.4. The van der Waals surface area contributed by atoms with E-state index in [-0.39, 0.29) is 34.4 Å². The molecule has 0 aromatic rings. The first-order chi connectivity index (χ1) is 14.6. The van der Waals surface area contributed by atoms with Gasteiger partial charge in [0.1, 0.15) is 6.61 Å². The largest absolute Gasteiger partial charge is 0.422 e. The smallest absolute Gasteiger partial charge is 0.305 e. The predicted octanol–water partition coefficient (Wildman–Crippen LogP) is 4.03. The summed E-state index contributed by atoms with van der Waals surface area (Å²) in [6, 6.07) is 0. The van der Waals surface area contributed by atoms with Gasteiger partial charge in [0, 0.05) is 32.1 Å². The van der Waals surface area contributed by atoms with Crippen LogP contribution >= 0.6 is 0 Å². The van der Waals surface area contributed by atoms with Crippen molar-refractivity contribution in [3.8, 4) is 0 Å². The van der Waals surface area contributed by atoms with Crippen LogP contribution in [-0.2, 0) is 23.9 Å². The van der Waals surface area contributed by atoms with E-state index in [1.807, 2.05) is 0 Å². The molecular weight excluding hydrogens is 396 g/mol. The fraction of sp³-hybridized carbons (Fsp3) is 0.880. The molecule has 0 radical (unpaired) electrons. The molecule has 1 N–H and O–H groups in total. The topological polar surface area (TPSA) is 89.9 Å². The molecule has 0 saturated heterocycles. The van der Waals surface area contributed by atoms with E-state index < -0.39 is 24.3 Å². The van der Waals surface area contributed by atoms with E-state index in [9.17, 15) is 19.5 Å². The molecule has 0 aliphatic heterocycles. The molecule has 4 rings (SSSR count). The van der Waals surface area contributed by atoms with Gasteiger partial charge < -0.3 is 14.6 Å². The third-order valence-electron chi connectivity index (χ3n) is 9.77. The first-order valence-electron chi connectivity index (χ1n) is 12.1. The Morgan fingerprint density at radius 3 is 2.13 bits per heavy atom. The first kappa shape index (κ1) is 22.8. The van der Waals surface area contributed by atoms with Crippen molar-refractivity contribution >= 4 is 17.7 Å². The Morgan fingerprint density at radius 1 is 0.871 bits per heavy atom. The van der Waals surface area contributed by atoms with Gasteiger partial charge in [-0.2, -0.15) is 0 Å². The van der Waals surface area contributed by atoms with Crippen LogP contribution in [0.2, 0.25) is 0 Å². The number of fused-ring (bicyclic) bond motifs is 5. The molecule has 0 bridgehead atoms. The van der Waals surface area contributed by atoms with Crippen molar-refractivity contribution in [1.82, 2.24) is 0 Å². The molecule has 0 spiro atoms. The van der Waals surface area contributed by atoms with Gasteiger partial charge in [0.15, 0.2) is 5.78 Å². The van der Waals surface area contributed by atoms with E-state index in [2.05, 4.69) is 13.8 Å². The van der Waals surface area contributed by atoms with Crippen molar-refractivity contribution in [2.24, 2.45) is 40.4 Å². The zero-order chi connectivity index (χ0) is 22.6. The molecule has 1 unspecified atom stereocenters. The normalized spacial score (nSPS) is 43.2. The molecule has 0 heterocycles. The molecule has 0 aromatic carbocycles. The van der Waals surface area contributed by atoms with Gasteiger partial charge in [0.2, 0.25) is 0 Å². The molecule has 6 nitrogen and oxygen atoms in total. The maximum absolute atomic E-state index is 12.6. The van der Waals surface area contributed by atoms with Gasteiger partial charge in [-0.3, -0.25) is 14.4 Å². The Bertz CT molecular complexity index is 745. The fourth-order valence-corrected chi connectivity index (χ4v) is 8.76. The van der Waals surface area contributed by atoms with Crippen LogP contribution in [0.4, 0.5) is 0 Å². The van der Waals surface area contributed by atoms with E-state index in [4.69, 9.17) is 9.47 Å². The molecule has 4 fully saturated rings. The quantitative estimate of drug-likeness (QED) is 0.531. The third kappa shape index (κ3) is 3.44. The predicted molar refractivity (Wildman–Crippen MR) is 114 cm³/mol. The molecule has 6 heteroatoms. The molecule has 4 aliphatic rings. The molecular formula is C25H38O6. The number of Topliss-reactive ketones (excluding diaryl/α,β-unsaturated/α-hetero) is 1. The molecule has 31 heavy (non-hydrogen) atoms. The highest BCUT2D eigenvalue weighted by molar-refractivity contribution is 5.83. The van der Waals surface area contributed by atoms with Crippen LogP contribution in [0.1, 0.15) is 85.5 Å². The van der Waals surface area contributed by atoms with Gasteiger partial charge in [-0.25, -0.2) is 0 Å². The number of aliphatic hydroxyl groups is 1. The van der Waals surface area contributed by atoms with Gasteiger partial charge in [-0.1, -0.05) is 26.7 Å². The lowest BCUT2D eigenvalue weighted by atomic mass is 9.43. The second-order valence-electron chi connectivity index (χ2n) is 11.2. The molecule has 0 aromatic heterocycles. The maximum Gasteiger partial charge on any atom is 0.305 e. The summed E-state index contributed by atoms with van der Waals surface area (Å²) in [5.74, 6) is -1.20. The standard InChI is InChI=1S/C25H38O6/c1-15(27)30-25(31-16(2)28)13-17-18-8-9-20(21(29)14-26)23(18,3)12-10-19(17)24(4)11-6-5-7-22(24)25/h17-20,22,26H,5-14H2,1-4H3/t17-,18-,19-,20+,22?,23-,24+/m0/s1. The lowest BCUT2D eigenvalue weighted by Crippen LogP contribution is -2.64. The summed E-state index contributed by atoms with van der Waals surface area (Å²) in [4.78, 5) is 37.0. The van der Waals surface area contributed by atoms with Gasteiger partial charge in [0.25, 0.3) is 5.79 Å². The summed E-state index contributed by atoms with van der Waals surface area (Å²) in [5, 5.41) is 9.54. The first-order valence-corrected chi connectivity index (χ1v) is 12.1. The molecule has 174 valence electrons. The number of hydrogen-bond donors (Lipinski definition) is 1. The minimum atomic E-state index is -1.22. The second kappa shape index (κ2) is 7.86. The Kier molecular flexibility index (Phi) is 5.77. The van der Waals surface area contributed by atoms with Crippen molar-refractivity contribution in [2.45, 2.75) is 91.3 Å². The van der Waals surface area contributed by atoms with E-state index in [1.165, 1.54) is 13.8 Å². The zero-order valence-electron chi connectivity index (χ0n) is 19.4. The highest BCUT2D eigenvalue weighted by Gasteiger charge is 2.68. The Morgan fingerprint density at radius 2 is 1.52 bits per heavy atom. The summed E-state index contributed by atoms with van der Waals surface area (Å²) >= 11 is 0. The monoisotopic (exact) mass is 434 g/mol. The van der Waals surface area contributed by atoms with E-state index in [0.29, 0.717) is 18.3 Å². The fourth-order valence-electron chi connectivity index (χ4n) is 8.76. The number of ether oxygens (including phenoxy) is 2. The van der Waals surface area contributed by atoms with Crippen molar-refractivity contribution in [3.05, 3.63) is 0 Å². The Hall–Kier alpha value is -1.43. The van der Waals surface area contributed by atoms with Crippen LogP contribution in [0.3, 0.4) is 0 Å². The maximum atomic E-state index is 12.6. The van der Waals surface area contributed by atoms with Crippen LogP contribution in [0.5, 0.6) is 0 Å². The number of esters is 2. The number of carbonyl (C=O) groups excluding carboxylic acids is 3. The van der Waals surface area contributed by atoms with Crippen LogP contribution in [-0.4, -0.2) is 35.2 Å². The average molecular weight is 435 g/mol. The Balaban J connectivity index is 1.77. The number of carbonyl (C=O) groups is 3. The minimum absolute atomic E-state index is 0.00318. The second-order valence-corrected chi connectivity index (χ2v) is 11.2. The number of hydrogen-bond acceptors (Lipinski definition) is 6. The van der Waals surface area contributed by atoms with Crippen LogP contribution in [0, 0.1) is 40.4 Å². The highest BCUT2D eigenvalue weighted by atomic mass is 16.7. The Labute approximate surface area is 185 Å². The average Bonchev–Trinajstić information content (AvgIpc) is 3.03. The number of rotatable bonds is 4. The summed E-state index contributed by atoms with van der Waals surface area (Å²) in [6.45, 7) is 6.94. The van der Waals surface area contributed by atoms with Crippen molar-refractivity contribution in [2.75, 3.05) is 6.61 Å². The minimum Gasteiger partial charge on any atom is -0.422 e. The molecule has 4 saturated carbocycles. The molecule has 7 atom stereocenters. The SMILES string of the molecule is CC(=O)OC1(OC(C)=O)C[C@H]2[C@@H]3CC[C@H](C(=O)CO)[C@@]3(C)CC[C@@H]2[C@@]2(C)CCCCC12. The molecule has 0 amide bonds. The van der Waals surface area contributed by atoms with Gasteiger partial charge >= 0.3 is 11.9 Å². The van der Waals surface area contributed by atoms with Crippen molar-refractivity contribution < 1.29 is 29.0 Å².